The fraction of sp³-hybridized carbons (Fsp3) is 0.625. The fourth-order valence-electron chi connectivity index (χ4n) is 2.64. The first kappa shape index (κ1) is 14.2. The van der Waals surface area contributed by atoms with Gasteiger partial charge in [0.15, 0.2) is 0 Å². The Morgan fingerprint density at radius 2 is 2.00 bits per heavy atom. The lowest BCUT2D eigenvalue weighted by Crippen LogP contribution is -2.38. The summed E-state index contributed by atoms with van der Waals surface area (Å²) in [6.45, 7) is 10.7. The van der Waals surface area contributed by atoms with E-state index in [1.54, 1.807) is 0 Å². The van der Waals surface area contributed by atoms with Gasteiger partial charge in [-0.25, -0.2) is 0 Å². The van der Waals surface area contributed by atoms with Crippen LogP contribution in [0.25, 0.3) is 0 Å². The van der Waals surface area contributed by atoms with E-state index in [2.05, 4.69) is 42.3 Å². The molecule has 106 valence electrons. The highest BCUT2D eigenvalue weighted by Gasteiger charge is 2.18. The molecule has 0 aromatic heterocycles. The van der Waals surface area contributed by atoms with E-state index in [0.29, 0.717) is 12.6 Å². The van der Waals surface area contributed by atoms with Gasteiger partial charge >= 0.3 is 0 Å². The number of anilines is 1. The standard InChI is InChI=1S/C16H26N2O/c1-4-18-10-8-14(9-11-18)17-15-7-6-13(3)12-16(15)19-5-2/h6-7,12,14,17H,4-5,8-11H2,1-3H3. The van der Waals surface area contributed by atoms with Crippen LogP contribution in [0.1, 0.15) is 32.3 Å². The van der Waals surface area contributed by atoms with Crippen LogP contribution in [0.15, 0.2) is 18.2 Å². The topological polar surface area (TPSA) is 24.5 Å². The molecule has 19 heavy (non-hydrogen) atoms. The van der Waals surface area contributed by atoms with Gasteiger partial charge in [0.05, 0.1) is 12.3 Å². The number of piperidine rings is 1. The van der Waals surface area contributed by atoms with Gasteiger partial charge < -0.3 is 15.0 Å². The summed E-state index contributed by atoms with van der Waals surface area (Å²) >= 11 is 0. The van der Waals surface area contributed by atoms with Crippen LogP contribution < -0.4 is 10.1 Å². The molecule has 1 aromatic rings. The minimum absolute atomic E-state index is 0.574. The van der Waals surface area contributed by atoms with Crippen LogP contribution >= 0.6 is 0 Å². The summed E-state index contributed by atoms with van der Waals surface area (Å²) in [6.07, 6.45) is 2.43. The first-order valence-corrected chi connectivity index (χ1v) is 7.45. The van der Waals surface area contributed by atoms with Gasteiger partial charge in [-0.3, -0.25) is 0 Å². The minimum atomic E-state index is 0.574. The van der Waals surface area contributed by atoms with E-state index >= 15 is 0 Å². The highest BCUT2D eigenvalue weighted by atomic mass is 16.5. The maximum atomic E-state index is 5.73. The molecule has 1 aromatic carbocycles. The predicted octanol–water partition coefficient (Wildman–Crippen LogP) is 3.29. The molecule has 1 saturated heterocycles. The van der Waals surface area contributed by atoms with Crippen LogP contribution in [0.3, 0.4) is 0 Å². The van der Waals surface area contributed by atoms with E-state index in [-0.39, 0.29) is 0 Å². The van der Waals surface area contributed by atoms with Crippen molar-refractivity contribution in [2.45, 2.75) is 39.7 Å². The zero-order valence-electron chi connectivity index (χ0n) is 12.4. The molecule has 0 radical (unpaired) electrons. The number of aryl methyl sites for hydroxylation is 1. The molecule has 3 heteroatoms. The molecule has 0 amide bonds. The first-order chi connectivity index (χ1) is 9.22. The lowest BCUT2D eigenvalue weighted by atomic mass is 10.0. The molecule has 0 unspecified atom stereocenters. The molecular weight excluding hydrogens is 236 g/mol. The van der Waals surface area contributed by atoms with E-state index in [9.17, 15) is 0 Å². The van der Waals surface area contributed by atoms with Crippen LogP contribution in [0.5, 0.6) is 5.75 Å². The van der Waals surface area contributed by atoms with Gasteiger partial charge in [0.1, 0.15) is 5.75 Å². The van der Waals surface area contributed by atoms with Gasteiger partial charge in [-0.15, -0.1) is 0 Å². The summed E-state index contributed by atoms with van der Waals surface area (Å²) < 4.78 is 5.73. The van der Waals surface area contributed by atoms with Crippen molar-refractivity contribution in [2.24, 2.45) is 0 Å². The van der Waals surface area contributed by atoms with Gasteiger partial charge in [-0.05, 0) is 50.9 Å². The minimum Gasteiger partial charge on any atom is -0.492 e. The van der Waals surface area contributed by atoms with Crippen LogP contribution in [-0.2, 0) is 0 Å². The van der Waals surface area contributed by atoms with Gasteiger partial charge in [0.25, 0.3) is 0 Å². The van der Waals surface area contributed by atoms with Crippen molar-refractivity contribution in [3.8, 4) is 5.75 Å². The Labute approximate surface area is 116 Å². The zero-order chi connectivity index (χ0) is 13.7. The third kappa shape index (κ3) is 3.87. The Morgan fingerprint density at radius 1 is 1.26 bits per heavy atom. The number of hydrogen-bond acceptors (Lipinski definition) is 3. The molecule has 1 aliphatic rings. The summed E-state index contributed by atoms with van der Waals surface area (Å²) in [5, 5.41) is 3.65. The summed E-state index contributed by atoms with van der Waals surface area (Å²) in [5.41, 5.74) is 2.39. The molecule has 0 spiro atoms. The summed E-state index contributed by atoms with van der Waals surface area (Å²) in [4.78, 5) is 2.51. The van der Waals surface area contributed by atoms with Crippen molar-refractivity contribution >= 4 is 5.69 Å². The molecule has 2 rings (SSSR count). The molecule has 0 saturated carbocycles. The highest BCUT2D eigenvalue weighted by molar-refractivity contribution is 5.58. The Hall–Kier alpha value is -1.22. The Kier molecular flexibility index (Phi) is 5.08. The number of nitrogens with zero attached hydrogens (tertiary/aromatic N) is 1. The van der Waals surface area contributed by atoms with Crippen LogP contribution in [0.4, 0.5) is 5.69 Å². The molecule has 0 bridgehead atoms. The van der Waals surface area contributed by atoms with Gasteiger partial charge in [-0.1, -0.05) is 13.0 Å². The molecule has 0 aliphatic carbocycles. The fourth-order valence-corrected chi connectivity index (χ4v) is 2.64. The van der Waals surface area contributed by atoms with Crippen molar-refractivity contribution in [1.29, 1.82) is 0 Å². The second kappa shape index (κ2) is 6.80. The van der Waals surface area contributed by atoms with E-state index in [1.165, 1.54) is 38.0 Å². The molecular formula is C16H26N2O. The molecule has 0 atom stereocenters. The number of likely N-dealkylation sites (tertiary alicyclic amines) is 1. The first-order valence-electron chi connectivity index (χ1n) is 7.45. The monoisotopic (exact) mass is 262 g/mol. The lowest BCUT2D eigenvalue weighted by Gasteiger charge is -2.32. The van der Waals surface area contributed by atoms with E-state index < -0.39 is 0 Å². The maximum absolute atomic E-state index is 5.73. The Bertz CT molecular complexity index is 398. The number of rotatable bonds is 5. The van der Waals surface area contributed by atoms with Crippen LogP contribution in [0.2, 0.25) is 0 Å². The van der Waals surface area contributed by atoms with Crippen LogP contribution in [-0.4, -0.2) is 37.2 Å². The summed E-state index contributed by atoms with van der Waals surface area (Å²) in [7, 11) is 0. The second-order valence-corrected chi connectivity index (χ2v) is 5.29. The third-order valence-corrected chi connectivity index (χ3v) is 3.83. The summed E-state index contributed by atoms with van der Waals surface area (Å²) in [5.74, 6) is 0.987. The van der Waals surface area contributed by atoms with Gasteiger partial charge in [-0.2, -0.15) is 0 Å². The molecule has 1 aliphatic heterocycles. The van der Waals surface area contributed by atoms with E-state index in [0.717, 1.165) is 11.4 Å². The van der Waals surface area contributed by atoms with Gasteiger partial charge in [0.2, 0.25) is 0 Å². The Morgan fingerprint density at radius 3 is 2.63 bits per heavy atom. The second-order valence-electron chi connectivity index (χ2n) is 5.29. The van der Waals surface area contributed by atoms with E-state index in [4.69, 9.17) is 4.74 Å². The van der Waals surface area contributed by atoms with Crippen molar-refractivity contribution < 1.29 is 4.74 Å². The molecule has 1 N–H and O–H groups in total. The van der Waals surface area contributed by atoms with Crippen molar-refractivity contribution in [3.05, 3.63) is 23.8 Å². The number of benzene rings is 1. The largest absolute Gasteiger partial charge is 0.492 e. The van der Waals surface area contributed by atoms with Crippen LogP contribution in [0, 0.1) is 6.92 Å². The smallest absolute Gasteiger partial charge is 0.142 e. The highest BCUT2D eigenvalue weighted by Crippen LogP contribution is 2.28. The third-order valence-electron chi connectivity index (χ3n) is 3.83. The molecule has 1 fully saturated rings. The number of nitrogens with one attached hydrogen (secondary N) is 1. The SMILES string of the molecule is CCOc1cc(C)ccc1NC1CCN(CC)CC1. The average Bonchev–Trinajstić information content (AvgIpc) is 2.43. The Balaban J connectivity index is 1.99. The number of hydrogen-bond donors (Lipinski definition) is 1. The van der Waals surface area contributed by atoms with Crippen molar-refractivity contribution in [3.63, 3.8) is 0 Å². The summed E-state index contributed by atoms with van der Waals surface area (Å²) in [6, 6.07) is 6.98. The quantitative estimate of drug-likeness (QED) is 0.881. The average molecular weight is 262 g/mol. The normalized spacial score (nSPS) is 17.4. The maximum Gasteiger partial charge on any atom is 0.142 e. The zero-order valence-corrected chi connectivity index (χ0v) is 12.4. The van der Waals surface area contributed by atoms with E-state index in [1.807, 2.05) is 6.92 Å². The number of ether oxygens (including phenoxy) is 1. The lowest BCUT2D eigenvalue weighted by molar-refractivity contribution is 0.229. The van der Waals surface area contributed by atoms with Crippen molar-refractivity contribution in [2.75, 3.05) is 31.6 Å². The van der Waals surface area contributed by atoms with Crippen molar-refractivity contribution in [1.82, 2.24) is 4.90 Å². The molecule has 3 nitrogen and oxygen atoms in total. The predicted molar refractivity (Wildman–Crippen MR) is 81.1 cm³/mol. The van der Waals surface area contributed by atoms with Gasteiger partial charge in [0, 0.05) is 19.1 Å². The molecule has 1 heterocycles.